The Morgan fingerprint density at radius 1 is 1.08 bits per heavy atom. The van der Waals surface area contributed by atoms with Crippen LogP contribution in [0, 0.1) is 5.92 Å². The zero-order valence-electron chi connectivity index (χ0n) is 14.3. The van der Waals surface area contributed by atoms with Crippen molar-refractivity contribution in [1.82, 2.24) is 15.2 Å². The van der Waals surface area contributed by atoms with E-state index in [1.165, 1.54) is 0 Å². The fourth-order valence-corrected chi connectivity index (χ4v) is 3.29. The van der Waals surface area contributed by atoms with E-state index in [0.717, 1.165) is 48.3 Å². The summed E-state index contributed by atoms with van der Waals surface area (Å²) in [5.41, 5.74) is 5.38. The summed E-state index contributed by atoms with van der Waals surface area (Å²) in [4.78, 5) is 17.8. The van der Waals surface area contributed by atoms with Gasteiger partial charge in [-0.3, -0.25) is 4.79 Å². The molecule has 0 radical (unpaired) electrons. The number of carbonyl (C=O) groups excluding carboxylic acids is 1. The third-order valence-electron chi connectivity index (χ3n) is 4.79. The van der Waals surface area contributed by atoms with Crippen molar-refractivity contribution in [2.45, 2.75) is 12.8 Å². The molecule has 3 heterocycles. The second kappa shape index (κ2) is 6.95. The lowest BCUT2D eigenvalue weighted by molar-refractivity contribution is -0.122. The standard InChI is InChI=1S/C19H20N6O/c20-18(26)14-8-11-25(12-9-14)17-6-5-16(23-24-17)22-19-15-4-2-1-3-13(15)7-10-21-19/h1-7,10,14H,8-9,11-12H2,(H2,20,26)(H,21,22,23). The quantitative estimate of drug-likeness (QED) is 0.752. The Balaban J connectivity index is 1.47. The number of rotatable bonds is 4. The molecular formula is C19H20N6O. The molecule has 0 unspecified atom stereocenters. The summed E-state index contributed by atoms with van der Waals surface area (Å²) in [5, 5.41) is 14.0. The van der Waals surface area contributed by atoms with Gasteiger partial charge in [-0.2, -0.15) is 0 Å². The number of pyridine rings is 1. The molecule has 7 heteroatoms. The van der Waals surface area contributed by atoms with Crippen molar-refractivity contribution in [3.63, 3.8) is 0 Å². The molecule has 1 fully saturated rings. The largest absolute Gasteiger partial charge is 0.369 e. The zero-order valence-corrected chi connectivity index (χ0v) is 14.3. The molecule has 1 saturated heterocycles. The van der Waals surface area contributed by atoms with Crippen molar-refractivity contribution >= 4 is 34.1 Å². The molecule has 0 aliphatic carbocycles. The van der Waals surface area contributed by atoms with Crippen LogP contribution in [0.4, 0.5) is 17.5 Å². The van der Waals surface area contributed by atoms with Gasteiger partial charge in [0.2, 0.25) is 5.91 Å². The van der Waals surface area contributed by atoms with E-state index < -0.39 is 0 Å². The van der Waals surface area contributed by atoms with Gasteiger partial charge in [0, 0.05) is 30.6 Å². The summed E-state index contributed by atoms with van der Waals surface area (Å²) >= 11 is 0. The third kappa shape index (κ3) is 3.28. The first-order valence-corrected chi connectivity index (χ1v) is 8.69. The molecular weight excluding hydrogens is 328 g/mol. The van der Waals surface area contributed by atoms with Gasteiger partial charge in [-0.25, -0.2) is 4.98 Å². The minimum atomic E-state index is -0.210. The maximum Gasteiger partial charge on any atom is 0.220 e. The molecule has 1 aliphatic rings. The van der Waals surface area contributed by atoms with Crippen molar-refractivity contribution < 1.29 is 4.79 Å². The van der Waals surface area contributed by atoms with Gasteiger partial charge in [0.15, 0.2) is 11.6 Å². The van der Waals surface area contributed by atoms with Crippen LogP contribution < -0.4 is 16.0 Å². The predicted molar refractivity (Wildman–Crippen MR) is 101 cm³/mol. The van der Waals surface area contributed by atoms with Gasteiger partial charge in [-0.15, -0.1) is 10.2 Å². The number of amides is 1. The number of aromatic nitrogens is 3. The second-order valence-corrected chi connectivity index (χ2v) is 6.45. The van der Waals surface area contributed by atoms with Crippen LogP contribution in [-0.4, -0.2) is 34.2 Å². The Bertz CT molecular complexity index is 913. The van der Waals surface area contributed by atoms with Crippen LogP contribution in [0.2, 0.25) is 0 Å². The first-order valence-electron chi connectivity index (χ1n) is 8.69. The molecule has 0 atom stereocenters. The molecule has 0 bridgehead atoms. The van der Waals surface area contributed by atoms with Crippen LogP contribution in [-0.2, 0) is 4.79 Å². The number of piperidine rings is 1. The van der Waals surface area contributed by atoms with Crippen LogP contribution in [0.3, 0.4) is 0 Å². The van der Waals surface area contributed by atoms with Gasteiger partial charge in [0.05, 0.1) is 0 Å². The van der Waals surface area contributed by atoms with Crippen LogP contribution >= 0.6 is 0 Å². The summed E-state index contributed by atoms with van der Waals surface area (Å²) in [7, 11) is 0. The minimum Gasteiger partial charge on any atom is -0.369 e. The fourth-order valence-electron chi connectivity index (χ4n) is 3.29. The number of nitrogens with two attached hydrogens (primary N) is 1. The Morgan fingerprint density at radius 2 is 1.88 bits per heavy atom. The summed E-state index contributed by atoms with van der Waals surface area (Å²) in [6, 6.07) is 13.9. The van der Waals surface area contributed by atoms with E-state index in [9.17, 15) is 4.79 Å². The van der Waals surface area contributed by atoms with Crippen molar-refractivity contribution in [1.29, 1.82) is 0 Å². The lowest BCUT2D eigenvalue weighted by Gasteiger charge is -2.31. The van der Waals surface area contributed by atoms with Gasteiger partial charge >= 0.3 is 0 Å². The number of primary amides is 1. The molecule has 1 amide bonds. The normalized spacial score (nSPS) is 15.2. The Labute approximate surface area is 151 Å². The fraction of sp³-hybridized carbons (Fsp3) is 0.263. The highest BCUT2D eigenvalue weighted by Crippen LogP contribution is 2.25. The van der Waals surface area contributed by atoms with E-state index >= 15 is 0 Å². The molecule has 26 heavy (non-hydrogen) atoms. The van der Waals surface area contributed by atoms with Crippen molar-refractivity contribution in [3.05, 3.63) is 48.7 Å². The van der Waals surface area contributed by atoms with Gasteiger partial charge in [-0.05, 0) is 36.4 Å². The smallest absolute Gasteiger partial charge is 0.220 e. The van der Waals surface area contributed by atoms with Crippen molar-refractivity contribution in [2.24, 2.45) is 11.7 Å². The SMILES string of the molecule is NC(=O)C1CCN(c2ccc(Nc3nccc4ccccc34)nn2)CC1. The molecule has 1 aliphatic heterocycles. The van der Waals surface area contributed by atoms with Gasteiger partial charge in [0.1, 0.15) is 5.82 Å². The van der Waals surface area contributed by atoms with E-state index in [-0.39, 0.29) is 11.8 Å². The topological polar surface area (TPSA) is 97.0 Å². The maximum absolute atomic E-state index is 11.3. The Hall–Kier alpha value is -3.22. The molecule has 0 saturated carbocycles. The van der Waals surface area contributed by atoms with Gasteiger partial charge < -0.3 is 16.0 Å². The summed E-state index contributed by atoms with van der Waals surface area (Å²) < 4.78 is 0. The van der Waals surface area contributed by atoms with E-state index in [0.29, 0.717) is 5.82 Å². The molecule has 3 aromatic rings. The van der Waals surface area contributed by atoms with Gasteiger partial charge in [-0.1, -0.05) is 24.3 Å². The Kier molecular flexibility index (Phi) is 4.35. The first kappa shape index (κ1) is 16.3. The summed E-state index contributed by atoms with van der Waals surface area (Å²) in [5.74, 6) is 1.97. The predicted octanol–water partition coefficient (Wildman–Crippen LogP) is 2.47. The number of anilines is 3. The highest BCUT2D eigenvalue weighted by molar-refractivity contribution is 5.92. The van der Waals surface area contributed by atoms with Crippen molar-refractivity contribution in [2.75, 3.05) is 23.3 Å². The van der Waals surface area contributed by atoms with Gasteiger partial charge in [0.25, 0.3) is 0 Å². The van der Waals surface area contributed by atoms with E-state index in [1.54, 1.807) is 6.20 Å². The number of fused-ring (bicyclic) bond motifs is 1. The van der Waals surface area contributed by atoms with E-state index in [1.807, 2.05) is 42.5 Å². The molecule has 132 valence electrons. The monoisotopic (exact) mass is 348 g/mol. The van der Waals surface area contributed by atoms with Crippen LogP contribution in [0.15, 0.2) is 48.7 Å². The lowest BCUT2D eigenvalue weighted by Crippen LogP contribution is -2.39. The molecule has 0 spiro atoms. The van der Waals surface area contributed by atoms with E-state index in [2.05, 4.69) is 25.4 Å². The second-order valence-electron chi connectivity index (χ2n) is 6.45. The highest BCUT2D eigenvalue weighted by atomic mass is 16.1. The van der Waals surface area contributed by atoms with E-state index in [4.69, 9.17) is 5.73 Å². The average molecular weight is 348 g/mol. The number of nitrogens with zero attached hydrogens (tertiary/aromatic N) is 4. The number of nitrogens with one attached hydrogen (secondary N) is 1. The highest BCUT2D eigenvalue weighted by Gasteiger charge is 2.23. The number of benzene rings is 1. The number of hydrogen-bond donors (Lipinski definition) is 2. The average Bonchev–Trinajstić information content (AvgIpc) is 2.69. The molecule has 3 N–H and O–H groups in total. The third-order valence-corrected chi connectivity index (χ3v) is 4.79. The molecule has 7 nitrogen and oxygen atoms in total. The minimum absolute atomic E-state index is 0.0300. The van der Waals surface area contributed by atoms with Crippen LogP contribution in [0.1, 0.15) is 12.8 Å². The van der Waals surface area contributed by atoms with Crippen LogP contribution in [0.25, 0.3) is 10.8 Å². The number of carbonyl (C=O) groups is 1. The summed E-state index contributed by atoms with van der Waals surface area (Å²) in [6.45, 7) is 1.53. The van der Waals surface area contributed by atoms with Crippen molar-refractivity contribution in [3.8, 4) is 0 Å². The maximum atomic E-state index is 11.3. The molecule has 4 rings (SSSR count). The zero-order chi connectivity index (χ0) is 17.9. The number of hydrogen-bond acceptors (Lipinski definition) is 6. The molecule has 1 aromatic carbocycles. The summed E-state index contributed by atoms with van der Waals surface area (Å²) in [6.07, 6.45) is 3.29. The molecule has 2 aromatic heterocycles. The van der Waals surface area contributed by atoms with Crippen LogP contribution in [0.5, 0.6) is 0 Å². The first-order chi connectivity index (χ1) is 12.7. The Morgan fingerprint density at radius 3 is 2.62 bits per heavy atom. The lowest BCUT2D eigenvalue weighted by atomic mass is 9.96.